The van der Waals surface area contributed by atoms with E-state index in [9.17, 15) is 4.79 Å². The molecular weight excluding hydrogens is 480 g/mol. The number of hydrogen-bond donors (Lipinski definition) is 1. The van der Waals surface area contributed by atoms with Gasteiger partial charge in [0.2, 0.25) is 0 Å². The number of ether oxygens (including phenoxy) is 1. The second-order valence-electron chi connectivity index (χ2n) is 9.21. The van der Waals surface area contributed by atoms with Crippen LogP contribution in [0.25, 0.3) is 10.9 Å². The van der Waals surface area contributed by atoms with E-state index in [0.29, 0.717) is 25.3 Å². The van der Waals surface area contributed by atoms with Crippen LogP contribution in [-0.2, 0) is 19.5 Å². The van der Waals surface area contributed by atoms with Crippen molar-refractivity contribution in [3.63, 3.8) is 0 Å². The Morgan fingerprint density at radius 2 is 1.95 bits per heavy atom. The van der Waals surface area contributed by atoms with Crippen LogP contribution in [0, 0.1) is 0 Å². The minimum atomic E-state index is -0.103. The maximum atomic E-state index is 13.2. The fourth-order valence-electron chi connectivity index (χ4n) is 4.80. The van der Waals surface area contributed by atoms with Gasteiger partial charge >= 0.3 is 0 Å². The van der Waals surface area contributed by atoms with Crippen LogP contribution in [0.5, 0.6) is 5.75 Å². The van der Waals surface area contributed by atoms with Gasteiger partial charge in [-0.05, 0) is 72.2 Å². The van der Waals surface area contributed by atoms with Crippen LogP contribution in [0.4, 0.5) is 0 Å². The summed E-state index contributed by atoms with van der Waals surface area (Å²) in [6, 6.07) is 21.7. The summed E-state index contributed by atoms with van der Waals surface area (Å²) in [6.45, 7) is 6.27. The SMILES string of the molecule is CCOc1ccc2[nH]c(=O)c(CN(CCc3ccccc3)C(CC)c3nnnn3Cc3ccco3)cc2c1. The molecule has 0 radical (unpaired) electrons. The molecule has 0 saturated heterocycles. The molecule has 0 aliphatic carbocycles. The molecule has 1 unspecified atom stereocenters. The standard InChI is InChI=1S/C29H32N6O3/c1-3-27(28-31-32-33-35(28)20-25-11-8-16-38-25)34(15-14-21-9-6-5-7-10-21)19-23-17-22-18-24(37-4-2)12-13-26(22)30-29(23)36/h5-13,16-18,27H,3-4,14-15,19-20H2,1-2H3,(H,30,36). The van der Waals surface area contributed by atoms with E-state index < -0.39 is 0 Å². The molecule has 0 bridgehead atoms. The van der Waals surface area contributed by atoms with Crippen LogP contribution in [0.3, 0.4) is 0 Å². The van der Waals surface area contributed by atoms with Gasteiger partial charge in [0.15, 0.2) is 5.82 Å². The third-order valence-corrected chi connectivity index (χ3v) is 6.68. The molecule has 0 aliphatic rings. The van der Waals surface area contributed by atoms with Crippen molar-refractivity contribution in [1.29, 1.82) is 0 Å². The molecule has 0 spiro atoms. The van der Waals surface area contributed by atoms with Gasteiger partial charge in [0.25, 0.3) is 5.56 Å². The molecule has 0 fully saturated rings. The molecule has 1 N–H and O–H groups in total. The number of benzene rings is 2. The van der Waals surface area contributed by atoms with Crippen LogP contribution in [0.1, 0.15) is 49.0 Å². The quantitative estimate of drug-likeness (QED) is 0.257. The van der Waals surface area contributed by atoms with Crippen LogP contribution in [0.2, 0.25) is 0 Å². The Morgan fingerprint density at radius 1 is 1.08 bits per heavy atom. The largest absolute Gasteiger partial charge is 0.494 e. The minimum Gasteiger partial charge on any atom is -0.494 e. The van der Waals surface area contributed by atoms with E-state index in [-0.39, 0.29) is 11.6 Å². The number of rotatable bonds is 12. The van der Waals surface area contributed by atoms with Gasteiger partial charge in [0.1, 0.15) is 18.1 Å². The van der Waals surface area contributed by atoms with E-state index in [4.69, 9.17) is 9.15 Å². The summed E-state index contributed by atoms with van der Waals surface area (Å²) < 4.78 is 13.0. The van der Waals surface area contributed by atoms with Crippen LogP contribution >= 0.6 is 0 Å². The summed E-state index contributed by atoms with van der Waals surface area (Å²) in [5.74, 6) is 2.30. The lowest BCUT2D eigenvalue weighted by Gasteiger charge is -2.30. The number of tetrazole rings is 1. The van der Waals surface area contributed by atoms with E-state index in [0.717, 1.165) is 47.6 Å². The second kappa shape index (κ2) is 11.9. The second-order valence-corrected chi connectivity index (χ2v) is 9.21. The third kappa shape index (κ3) is 5.84. The van der Waals surface area contributed by atoms with E-state index in [1.54, 1.807) is 10.9 Å². The highest BCUT2D eigenvalue weighted by Gasteiger charge is 2.26. The Kier molecular flexibility index (Phi) is 7.94. The predicted molar refractivity (Wildman–Crippen MR) is 145 cm³/mol. The molecule has 5 rings (SSSR count). The number of aromatic amines is 1. The molecule has 196 valence electrons. The zero-order valence-electron chi connectivity index (χ0n) is 21.7. The van der Waals surface area contributed by atoms with Crippen LogP contribution < -0.4 is 10.3 Å². The van der Waals surface area contributed by atoms with Crippen LogP contribution in [0.15, 0.2) is 82.2 Å². The van der Waals surface area contributed by atoms with Gasteiger partial charge in [-0.2, -0.15) is 0 Å². The molecule has 0 saturated carbocycles. The molecule has 2 aromatic carbocycles. The normalized spacial score (nSPS) is 12.3. The lowest BCUT2D eigenvalue weighted by molar-refractivity contribution is 0.172. The number of furan rings is 1. The zero-order chi connectivity index (χ0) is 26.3. The average molecular weight is 513 g/mol. The maximum Gasteiger partial charge on any atom is 0.252 e. The number of fused-ring (bicyclic) bond motifs is 1. The van der Waals surface area contributed by atoms with Crippen molar-refractivity contribution >= 4 is 10.9 Å². The first kappa shape index (κ1) is 25.4. The first-order valence-corrected chi connectivity index (χ1v) is 13.0. The average Bonchev–Trinajstić information content (AvgIpc) is 3.62. The molecular formula is C29H32N6O3. The smallest absolute Gasteiger partial charge is 0.252 e. The minimum absolute atomic E-state index is 0.101. The highest BCUT2D eigenvalue weighted by atomic mass is 16.5. The Balaban J connectivity index is 1.48. The van der Waals surface area contributed by atoms with E-state index in [2.05, 4.69) is 44.5 Å². The predicted octanol–water partition coefficient (Wildman–Crippen LogP) is 4.75. The molecule has 9 nitrogen and oxygen atoms in total. The number of hydrogen-bond acceptors (Lipinski definition) is 7. The monoisotopic (exact) mass is 512 g/mol. The summed E-state index contributed by atoms with van der Waals surface area (Å²) >= 11 is 0. The molecule has 9 heteroatoms. The van der Waals surface area contributed by atoms with Crippen LogP contribution in [-0.4, -0.2) is 43.2 Å². The van der Waals surface area contributed by atoms with Gasteiger partial charge in [-0.3, -0.25) is 9.69 Å². The van der Waals surface area contributed by atoms with Gasteiger partial charge in [-0.25, -0.2) is 4.68 Å². The van der Waals surface area contributed by atoms with E-state index in [1.807, 2.05) is 61.5 Å². The molecule has 5 aromatic rings. The van der Waals surface area contributed by atoms with Crippen molar-refractivity contribution in [2.24, 2.45) is 0 Å². The van der Waals surface area contributed by atoms with Gasteiger partial charge in [-0.15, -0.1) is 5.10 Å². The molecule has 38 heavy (non-hydrogen) atoms. The number of nitrogens with one attached hydrogen (secondary N) is 1. The Morgan fingerprint density at radius 3 is 2.71 bits per heavy atom. The fraction of sp³-hybridized carbons (Fsp3) is 0.310. The number of pyridine rings is 1. The van der Waals surface area contributed by atoms with Crippen molar-refractivity contribution in [1.82, 2.24) is 30.1 Å². The molecule has 1 atom stereocenters. The maximum absolute atomic E-state index is 13.2. The van der Waals surface area contributed by atoms with Gasteiger partial charge < -0.3 is 14.1 Å². The Hall–Kier alpha value is -4.24. The summed E-state index contributed by atoms with van der Waals surface area (Å²) in [5.41, 5.74) is 2.60. The molecule has 0 amide bonds. The number of aromatic nitrogens is 5. The van der Waals surface area contributed by atoms with E-state index in [1.165, 1.54) is 5.56 Å². The highest BCUT2D eigenvalue weighted by Crippen LogP contribution is 2.26. The highest BCUT2D eigenvalue weighted by molar-refractivity contribution is 5.80. The van der Waals surface area contributed by atoms with E-state index >= 15 is 0 Å². The summed E-state index contributed by atoms with van der Waals surface area (Å²) in [5, 5.41) is 13.6. The lowest BCUT2D eigenvalue weighted by atomic mass is 10.1. The van der Waals surface area contributed by atoms with Gasteiger partial charge in [0, 0.05) is 29.6 Å². The summed E-state index contributed by atoms with van der Waals surface area (Å²) in [6.07, 6.45) is 3.25. The van der Waals surface area contributed by atoms with Crippen molar-refractivity contribution in [3.05, 3.63) is 106 Å². The third-order valence-electron chi connectivity index (χ3n) is 6.68. The molecule has 0 aliphatic heterocycles. The Labute approximate surface area is 221 Å². The van der Waals surface area contributed by atoms with Crippen molar-refractivity contribution in [2.45, 2.75) is 45.8 Å². The van der Waals surface area contributed by atoms with Crippen molar-refractivity contribution in [3.8, 4) is 5.75 Å². The topological polar surface area (TPSA) is 102 Å². The van der Waals surface area contributed by atoms with Crippen molar-refractivity contribution in [2.75, 3.05) is 13.2 Å². The van der Waals surface area contributed by atoms with Gasteiger partial charge in [-0.1, -0.05) is 37.3 Å². The first-order valence-electron chi connectivity index (χ1n) is 13.0. The number of nitrogens with zero attached hydrogens (tertiary/aromatic N) is 5. The van der Waals surface area contributed by atoms with Crippen molar-refractivity contribution < 1.29 is 9.15 Å². The zero-order valence-corrected chi connectivity index (χ0v) is 21.7. The summed E-state index contributed by atoms with van der Waals surface area (Å²) in [4.78, 5) is 18.5. The fourth-order valence-corrected chi connectivity index (χ4v) is 4.80. The Bertz CT molecular complexity index is 1510. The first-order chi connectivity index (χ1) is 18.6. The number of H-pyrrole nitrogens is 1. The van der Waals surface area contributed by atoms with Gasteiger partial charge in [0.05, 0.1) is 18.9 Å². The summed E-state index contributed by atoms with van der Waals surface area (Å²) in [7, 11) is 0. The molecule has 3 aromatic heterocycles. The molecule has 3 heterocycles. The lowest BCUT2D eigenvalue weighted by Crippen LogP contribution is -2.34.